The number of nitrogens with zero attached hydrogens (tertiary/aromatic N) is 3. The van der Waals surface area contributed by atoms with Crippen molar-refractivity contribution in [2.45, 2.75) is 45.6 Å². The van der Waals surface area contributed by atoms with Crippen LogP contribution in [0, 0.1) is 13.8 Å². The summed E-state index contributed by atoms with van der Waals surface area (Å²) in [7, 11) is 0. The van der Waals surface area contributed by atoms with Gasteiger partial charge in [-0.25, -0.2) is 4.98 Å². The molecule has 3 rings (SSSR count). The van der Waals surface area contributed by atoms with E-state index in [0.29, 0.717) is 39.3 Å². The normalized spacial score (nSPS) is 21.8. The summed E-state index contributed by atoms with van der Waals surface area (Å²) in [6.45, 7) is 7.05. The van der Waals surface area contributed by atoms with Crippen LogP contribution in [0.25, 0.3) is 0 Å². The molecule has 0 aromatic carbocycles. The number of hydrogen-bond donors (Lipinski definition) is 0. The Bertz CT molecular complexity index is 610. The molecule has 1 aromatic heterocycles. The zero-order valence-electron chi connectivity index (χ0n) is 14.4. The van der Waals surface area contributed by atoms with Gasteiger partial charge in [-0.1, -0.05) is 0 Å². The van der Waals surface area contributed by atoms with Crippen LogP contribution in [-0.4, -0.2) is 65.5 Å². The molecule has 0 aliphatic carbocycles. The van der Waals surface area contributed by atoms with Gasteiger partial charge >= 0.3 is 0 Å². The Kier molecular flexibility index (Phi) is 5.50. The number of thiazole rings is 1. The number of carbonyl (C=O) groups excluding carboxylic acids is 2. The maximum atomic E-state index is 12.9. The lowest BCUT2D eigenvalue weighted by Crippen LogP contribution is -2.55. The quantitative estimate of drug-likeness (QED) is 0.829. The summed E-state index contributed by atoms with van der Waals surface area (Å²) in [6, 6.07) is -0.315. The number of aryl methyl sites for hydroxylation is 2. The molecule has 24 heavy (non-hydrogen) atoms. The maximum absolute atomic E-state index is 12.9. The summed E-state index contributed by atoms with van der Waals surface area (Å²) in [5.41, 5.74) is 0.852. The van der Waals surface area contributed by atoms with E-state index in [2.05, 4.69) is 4.98 Å². The standard InChI is InChI=1S/C17H25N3O3S/c1-12-14(18-13(2)24-12)11-16(21)20-6-4-3-5-15(20)17(22)19-7-9-23-10-8-19/h15H,3-11H2,1-2H3. The molecule has 1 atom stereocenters. The fourth-order valence-corrected chi connectivity index (χ4v) is 4.30. The Morgan fingerprint density at radius 3 is 2.62 bits per heavy atom. The molecule has 3 heterocycles. The predicted octanol–water partition coefficient (Wildman–Crippen LogP) is 1.54. The highest BCUT2D eigenvalue weighted by Crippen LogP contribution is 2.23. The first-order valence-corrected chi connectivity index (χ1v) is 9.47. The Morgan fingerprint density at radius 2 is 1.96 bits per heavy atom. The number of ether oxygens (including phenoxy) is 1. The number of carbonyl (C=O) groups is 2. The Hall–Kier alpha value is -1.47. The van der Waals surface area contributed by atoms with Crippen molar-refractivity contribution in [3.05, 3.63) is 15.6 Å². The molecule has 2 amide bonds. The van der Waals surface area contributed by atoms with E-state index in [1.807, 2.05) is 18.7 Å². The highest BCUT2D eigenvalue weighted by atomic mass is 32.1. The molecule has 0 N–H and O–H groups in total. The van der Waals surface area contributed by atoms with Crippen molar-refractivity contribution >= 4 is 23.2 Å². The van der Waals surface area contributed by atoms with Crippen LogP contribution in [-0.2, 0) is 20.7 Å². The Labute approximate surface area is 146 Å². The van der Waals surface area contributed by atoms with Crippen LogP contribution >= 0.6 is 11.3 Å². The lowest BCUT2D eigenvalue weighted by Gasteiger charge is -2.38. The van der Waals surface area contributed by atoms with Crippen molar-refractivity contribution in [2.75, 3.05) is 32.8 Å². The van der Waals surface area contributed by atoms with E-state index < -0.39 is 0 Å². The minimum atomic E-state index is -0.315. The van der Waals surface area contributed by atoms with E-state index in [9.17, 15) is 9.59 Å². The van der Waals surface area contributed by atoms with Crippen LogP contribution in [0.4, 0.5) is 0 Å². The van der Waals surface area contributed by atoms with Crippen molar-refractivity contribution in [2.24, 2.45) is 0 Å². The van der Waals surface area contributed by atoms with Crippen molar-refractivity contribution in [1.82, 2.24) is 14.8 Å². The molecule has 2 fully saturated rings. The second-order valence-electron chi connectivity index (χ2n) is 6.45. The highest BCUT2D eigenvalue weighted by Gasteiger charge is 2.35. The van der Waals surface area contributed by atoms with E-state index in [-0.39, 0.29) is 17.9 Å². The van der Waals surface area contributed by atoms with Crippen molar-refractivity contribution in [1.29, 1.82) is 0 Å². The van der Waals surface area contributed by atoms with E-state index in [0.717, 1.165) is 34.8 Å². The third-order valence-corrected chi connectivity index (χ3v) is 5.68. The van der Waals surface area contributed by atoms with Crippen LogP contribution in [0.15, 0.2) is 0 Å². The molecule has 0 radical (unpaired) electrons. The molecule has 7 heteroatoms. The van der Waals surface area contributed by atoms with Gasteiger partial charge in [-0.05, 0) is 33.1 Å². The largest absolute Gasteiger partial charge is 0.378 e. The summed E-state index contributed by atoms with van der Waals surface area (Å²) in [6.07, 6.45) is 3.02. The molecule has 132 valence electrons. The molecule has 2 aliphatic rings. The lowest BCUT2D eigenvalue weighted by molar-refractivity contribution is -0.149. The van der Waals surface area contributed by atoms with Crippen LogP contribution in [0.3, 0.4) is 0 Å². The number of rotatable bonds is 3. The maximum Gasteiger partial charge on any atom is 0.245 e. The van der Waals surface area contributed by atoms with Crippen molar-refractivity contribution in [3.63, 3.8) is 0 Å². The van der Waals surface area contributed by atoms with E-state index >= 15 is 0 Å². The molecular formula is C17H25N3O3S. The summed E-state index contributed by atoms with van der Waals surface area (Å²) in [5.74, 6) is 0.104. The average molecular weight is 351 g/mol. The first-order chi connectivity index (χ1) is 11.6. The van der Waals surface area contributed by atoms with Gasteiger partial charge in [0.15, 0.2) is 0 Å². The zero-order valence-corrected chi connectivity index (χ0v) is 15.2. The fraction of sp³-hybridized carbons (Fsp3) is 0.706. The third-order valence-electron chi connectivity index (χ3n) is 4.75. The zero-order chi connectivity index (χ0) is 17.1. The van der Waals surface area contributed by atoms with Gasteiger partial charge in [-0.3, -0.25) is 9.59 Å². The lowest BCUT2D eigenvalue weighted by atomic mass is 9.99. The molecule has 0 spiro atoms. The number of aromatic nitrogens is 1. The fourth-order valence-electron chi connectivity index (χ4n) is 3.46. The van der Waals surface area contributed by atoms with Gasteiger partial charge in [0.2, 0.25) is 11.8 Å². The van der Waals surface area contributed by atoms with E-state index in [1.54, 1.807) is 16.2 Å². The van der Waals surface area contributed by atoms with Gasteiger partial charge in [0, 0.05) is 24.5 Å². The molecule has 0 bridgehead atoms. The van der Waals surface area contributed by atoms with Crippen LogP contribution < -0.4 is 0 Å². The molecule has 1 unspecified atom stereocenters. The van der Waals surface area contributed by atoms with Crippen molar-refractivity contribution in [3.8, 4) is 0 Å². The molecule has 0 saturated carbocycles. The number of hydrogen-bond acceptors (Lipinski definition) is 5. The van der Waals surface area contributed by atoms with Crippen molar-refractivity contribution < 1.29 is 14.3 Å². The number of amides is 2. The molecule has 6 nitrogen and oxygen atoms in total. The molecule has 2 saturated heterocycles. The monoisotopic (exact) mass is 351 g/mol. The van der Waals surface area contributed by atoms with Crippen LogP contribution in [0.1, 0.15) is 34.8 Å². The SMILES string of the molecule is Cc1nc(CC(=O)N2CCCCC2C(=O)N2CCOCC2)c(C)s1. The topological polar surface area (TPSA) is 62.7 Å². The van der Waals surface area contributed by atoms with E-state index in [1.165, 1.54) is 0 Å². The smallest absolute Gasteiger partial charge is 0.245 e. The average Bonchev–Trinajstić information content (AvgIpc) is 2.92. The number of morpholine rings is 1. The summed E-state index contributed by atoms with van der Waals surface area (Å²) in [5, 5.41) is 0.981. The van der Waals surface area contributed by atoms with Crippen LogP contribution in [0.2, 0.25) is 0 Å². The Morgan fingerprint density at radius 1 is 1.21 bits per heavy atom. The number of likely N-dealkylation sites (tertiary alicyclic amines) is 1. The minimum absolute atomic E-state index is 0.0229. The Balaban J connectivity index is 1.70. The predicted molar refractivity (Wildman–Crippen MR) is 92.0 cm³/mol. The number of piperidine rings is 1. The van der Waals surface area contributed by atoms with Gasteiger partial charge in [0.25, 0.3) is 0 Å². The third kappa shape index (κ3) is 3.78. The molecule has 2 aliphatic heterocycles. The summed E-state index contributed by atoms with van der Waals surface area (Å²) >= 11 is 1.62. The second-order valence-corrected chi connectivity index (χ2v) is 7.86. The molecular weight excluding hydrogens is 326 g/mol. The second kappa shape index (κ2) is 7.61. The van der Waals surface area contributed by atoms with Gasteiger partial charge in [-0.2, -0.15) is 0 Å². The minimum Gasteiger partial charge on any atom is -0.378 e. The van der Waals surface area contributed by atoms with Gasteiger partial charge in [0.05, 0.1) is 30.3 Å². The van der Waals surface area contributed by atoms with E-state index in [4.69, 9.17) is 4.74 Å². The first kappa shape index (κ1) is 17.4. The first-order valence-electron chi connectivity index (χ1n) is 8.65. The summed E-state index contributed by atoms with van der Waals surface area (Å²) < 4.78 is 5.32. The highest BCUT2D eigenvalue weighted by molar-refractivity contribution is 7.11. The van der Waals surface area contributed by atoms with Gasteiger partial charge < -0.3 is 14.5 Å². The van der Waals surface area contributed by atoms with Gasteiger partial charge in [0.1, 0.15) is 6.04 Å². The van der Waals surface area contributed by atoms with Gasteiger partial charge in [-0.15, -0.1) is 11.3 Å². The van der Waals surface area contributed by atoms with Crippen LogP contribution in [0.5, 0.6) is 0 Å². The molecule has 1 aromatic rings. The summed E-state index contributed by atoms with van der Waals surface area (Å²) in [4.78, 5) is 34.9.